The molecule has 19 heavy (non-hydrogen) atoms. The highest BCUT2D eigenvalue weighted by atomic mass is 16.7. The summed E-state index contributed by atoms with van der Waals surface area (Å²) in [5, 5.41) is 0. The minimum Gasteiger partial charge on any atom is -0.399 e. The highest BCUT2D eigenvalue weighted by Gasteiger charge is 2.53. The van der Waals surface area contributed by atoms with Crippen LogP contribution in [0.25, 0.3) is 0 Å². The van der Waals surface area contributed by atoms with E-state index in [9.17, 15) is 0 Å². The monoisotopic (exact) mass is 260 g/mol. The normalized spacial score (nSPS) is 29.2. The van der Waals surface area contributed by atoms with Crippen LogP contribution < -0.4 is 0 Å². The Morgan fingerprint density at radius 1 is 1.00 bits per heavy atom. The maximum Gasteiger partial charge on any atom is 0.497 e. The summed E-state index contributed by atoms with van der Waals surface area (Å²) < 4.78 is 12.1. The third-order valence-corrected chi connectivity index (χ3v) is 4.02. The second-order valence-electron chi connectivity index (χ2n) is 5.75. The van der Waals surface area contributed by atoms with Crippen LogP contribution in [-0.2, 0) is 9.31 Å². The second kappa shape index (κ2) is 4.73. The molecule has 0 bridgehead atoms. The van der Waals surface area contributed by atoms with E-state index >= 15 is 0 Å². The molecule has 0 radical (unpaired) electrons. The van der Waals surface area contributed by atoms with Gasteiger partial charge in [-0.15, -0.1) is 0 Å². The summed E-state index contributed by atoms with van der Waals surface area (Å²) in [4.78, 5) is 8.57. The van der Waals surface area contributed by atoms with Gasteiger partial charge in [0.05, 0.1) is 22.6 Å². The van der Waals surface area contributed by atoms with E-state index < -0.39 is 7.12 Å². The SMILES string of the molecule is CN=C1C=CC=C(B2OC(C)(C)C(C)(C)O2)C1=NC. The minimum atomic E-state index is -0.398. The molecule has 0 aromatic rings. The van der Waals surface area contributed by atoms with E-state index in [1.54, 1.807) is 14.1 Å². The topological polar surface area (TPSA) is 43.2 Å². The molecule has 0 N–H and O–H groups in total. The van der Waals surface area contributed by atoms with Gasteiger partial charge in [0, 0.05) is 19.6 Å². The molecule has 0 saturated carbocycles. The Morgan fingerprint density at radius 2 is 1.58 bits per heavy atom. The Kier molecular flexibility index (Phi) is 3.54. The summed E-state index contributed by atoms with van der Waals surface area (Å²) in [6.45, 7) is 8.18. The van der Waals surface area contributed by atoms with Crippen LogP contribution in [0.5, 0.6) is 0 Å². The second-order valence-corrected chi connectivity index (χ2v) is 5.75. The third-order valence-electron chi connectivity index (χ3n) is 4.02. The average molecular weight is 260 g/mol. The molecule has 1 saturated heterocycles. The van der Waals surface area contributed by atoms with Crippen molar-refractivity contribution in [1.29, 1.82) is 0 Å². The van der Waals surface area contributed by atoms with E-state index in [-0.39, 0.29) is 11.2 Å². The predicted octanol–water partition coefficient (Wildman–Crippen LogP) is 2.26. The van der Waals surface area contributed by atoms with Crippen LogP contribution >= 0.6 is 0 Å². The number of aliphatic imine (C=N–C) groups is 2. The van der Waals surface area contributed by atoms with Gasteiger partial charge < -0.3 is 9.31 Å². The zero-order valence-electron chi connectivity index (χ0n) is 12.5. The van der Waals surface area contributed by atoms with Crippen LogP contribution in [0.15, 0.2) is 33.7 Å². The van der Waals surface area contributed by atoms with Gasteiger partial charge >= 0.3 is 7.12 Å². The maximum atomic E-state index is 6.07. The summed E-state index contributed by atoms with van der Waals surface area (Å²) in [6, 6.07) is 0. The quantitative estimate of drug-likeness (QED) is 0.536. The van der Waals surface area contributed by atoms with Crippen molar-refractivity contribution in [3.8, 4) is 0 Å². The first-order chi connectivity index (χ1) is 8.82. The molecule has 5 heteroatoms. The Balaban J connectivity index is 2.34. The molecule has 0 atom stereocenters. The lowest BCUT2D eigenvalue weighted by atomic mass is 9.72. The Labute approximate surface area is 115 Å². The van der Waals surface area contributed by atoms with Gasteiger partial charge in [-0.1, -0.05) is 12.2 Å². The van der Waals surface area contributed by atoms with E-state index in [1.165, 1.54) is 0 Å². The van der Waals surface area contributed by atoms with Crippen LogP contribution in [-0.4, -0.2) is 43.8 Å². The predicted molar refractivity (Wildman–Crippen MR) is 80.0 cm³/mol. The number of allylic oxidation sites excluding steroid dienone is 4. The molecule has 4 nitrogen and oxygen atoms in total. The van der Waals surface area contributed by atoms with Crippen molar-refractivity contribution in [1.82, 2.24) is 0 Å². The van der Waals surface area contributed by atoms with Crippen LogP contribution in [0.4, 0.5) is 0 Å². The van der Waals surface area contributed by atoms with E-state index in [2.05, 4.69) is 9.98 Å². The van der Waals surface area contributed by atoms with Crippen molar-refractivity contribution in [2.75, 3.05) is 14.1 Å². The molecule has 0 unspecified atom stereocenters. The van der Waals surface area contributed by atoms with Gasteiger partial charge in [0.1, 0.15) is 0 Å². The molecular weight excluding hydrogens is 239 g/mol. The lowest BCUT2D eigenvalue weighted by molar-refractivity contribution is 0.00578. The zero-order valence-corrected chi connectivity index (χ0v) is 12.5. The lowest BCUT2D eigenvalue weighted by Gasteiger charge is -2.32. The molecule has 2 rings (SSSR count). The summed E-state index contributed by atoms with van der Waals surface area (Å²) >= 11 is 0. The smallest absolute Gasteiger partial charge is 0.399 e. The molecule has 102 valence electrons. The van der Waals surface area contributed by atoms with Crippen molar-refractivity contribution in [3.05, 3.63) is 23.7 Å². The third kappa shape index (κ3) is 2.32. The zero-order chi connectivity index (χ0) is 14.3. The number of nitrogens with zero attached hydrogens (tertiary/aromatic N) is 2. The van der Waals surface area contributed by atoms with E-state index in [0.29, 0.717) is 0 Å². The van der Waals surface area contributed by atoms with Crippen LogP contribution in [0.3, 0.4) is 0 Å². The van der Waals surface area contributed by atoms with Gasteiger partial charge in [-0.2, -0.15) is 0 Å². The standard InChI is InChI=1S/C14H21BN2O2/c1-13(2)14(3,4)19-15(18-13)10-8-7-9-11(16-5)12(10)17-6/h7-9H,1-6H3. The maximum absolute atomic E-state index is 6.07. The van der Waals surface area contributed by atoms with Gasteiger partial charge in [0.2, 0.25) is 0 Å². The number of rotatable bonds is 1. The van der Waals surface area contributed by atoms with Gasteiger partial charge in [0.25, 0.3) is 0 Å². The molecule has 0 aromatic heterocycles. The fourth-order valence-electron chi connectivity index (χ4n) is 2.13. The summed E-state index contributed by atoms with van der Waals surface area (Å²) in [7, 11) is 3.13. The molecule has 1 heterocycles. The molecular formula is C14H21BN2O2. The largest absolute Gasteiger partial charge is 0.497 e. The Morgan fingerprint density at radius 3 is 2.05 bits per heavy atom. The molecule has 1 aliphatic heterocycles. The van der Waals surface area contributed by atoms with Crippen molar-refractivity contribution >= 4 is 18.5 Å². The summed E-state index contributed by atoms with van der Waals surface area (Å²) in [5.74, 6) is 0. The first-order valence-electron chi connectivity index (χ1n) is 6.50. The molecule has 1 aliphatic carbocycles. The number of hydrogen-bond donors (Lipinski definition) is 0. The van der Waals surface area contributed by atoms with E-state index in [4.69, 9.17) is 9.31 Å². The summed E-state index contributed by atoms with van der Waals surface area (Å²) in [5.41, 5.74) is 1.94. The Bertz CT molecular complexity index is 486. The fourth-order valence-corrected chi connectivity index (χ4v) is 2.13. The van der Waals surface area contributed by atoms with Crippen molar-refractivity contribution in [3.63, 3.8) is 0 Å². The molecule has 0 aromatic carbocycles. The van der Waals surface area contributed by atoms with Gasteiger partial charge in [-0.25, -0.2) is 0 Å². The van der Waals surface area contributed by atoms with Crippen molar-refractivity contribution < 1.29 is 9.31 Å². The number of hydrogen-bond acceptors (Lipinski definition) is 4. The highest BCUT2D eigenvalue weighted by Crippen LogP contribution is 2.39. The molecule has 0 amide bonds. The van der Waals surface area contributed by atoms with E-state index in [1.807, 2.05) is 45.9 Å². The highest BCUT2D eigenvalue weighted by molar-refractivity contribution is 6.72. The first kappa shape index (κ1) is 14.2. The lowest BCUT2D eigenvalue weighted by Crippen LogP contribution is -2.41. The molecule has 2 aliphatic rings. The first-order valence-corrected chi connectivity index (χ1v) is 6.50. The van der Waals surface area contributed by atoms with Gasteiger partial charge in [0.15, 0.2) is 0 Å². The van der Waals surface area contributed by atoms with Crippen molar-refractivity contribution in [2.45, 2.75) is 38.9 Å². The van der Waals surface area contributed by atoms with Crippen LogP contribution in [0.2, 0.25) is 0 Å². The molecule has 0 spiro atoms. The van der Waals surface area contributed by atoms with E-state index in [0.717, 1.165) is 16.9 Å². The molecule has 1 fully saturated rings. The fraction of sp³-hybridized carbons (Fsp3) is 0.571. The Hall–Kier alpha value is -1.20. The average Bonchev–Trinajstić information content (AvgIpc) is 2.57. The van der Waals surface area contributed by atoms with Gasteiger partial charge in [-0.3, -0.25) is 9.98 Å². The van der Waals surface area contributed by atoms with Gasteiger partial charge in [-0.05, 0) is 33.8 Å². The van der Waals surface area contributed by atoms with Crippen LogP contribution in [0.1, 0.15) is 27.7 Å². The minimum absolute atomic E-state index is 0.345. The summed E-state index contributed by atoms with van der Waals surface area (Å²) in [6.07, 6.45) is 5.88. The van der Waals surface area contributed by atoms with Crippen molar-refractivity contribution in [2.24, 2.45) is 9.98 Å². The van der Waals surface area contributed by atoms with Crippen LogP contribution in [0, 0.1) is 0 Å².